The zero-order valence-electron chi connectivity index (χ0n) is 18.3. The van der Waals surface area contributed by atoms with E-state index in [1.54, 1.807) is 11.9 Å². The third-order valence-electron chi connectivity index (χ3n) is 6.54. The fourth-order valence-electron chi connectivity index (χ4n) is 4.61. The first-order chi connectivity index (χ1) is 15.4. The maximum absolute atomic E-state index is 12.8. The molecule has 32 heavy (non-hydrogen) atoms. The molecule has 0 radical (unpaired) electrons. The summed E-state index contributed by atoms with van der Waals surface area (Å²) in [5.74, 6) is 0.229. The summed E-state index contributed by atoms with van der Waals surface area (Å²) in [5.41, 5.74) is 1.47. The molecule has 1 aromatic heterocycles. The number of fused-ring (bicyclic) bond motifs is 1. The highest BCUT2D eigenvalue weighted by atomic mass is 16.5. The predicted molar refractivity (Wildman–Crippen MR) is 119 cm³/mol. The van der Waals surface area contributed by atoms with Crippen molar-refractivity contribution in [3.8, 4) is 5.75 Å². The number of hydrogen-bond donors (Lipinski definition) is 1. The van der Waals surface area contributed by atoms with Gasteiger partial charge in [-0.2, -0.15) is 5.10 Å². The Morgan fingerprint density at radius 3 is 2.66 bits per heavy atom. The number of ether oxygens (including phenoxy) is 1. The van der Waals surface area contributed by atoms with Crippen LogP contribution in [0.5, 0.6) is 5.75 Å². The Balaban J connectivity index is 1.64. The third-order valence-corrected chi connectivity index (χ3v) is 6.54. The van der Waals surface area contributed by atoms with E-state index < -0.39 is 17.1 Å². The van der Waals surface area contributed by atoms with Gasteiger partial charge < -0.3 is 14.7 Å². The summed E-state index contributed by atoms with van der Waals surface area (Å²) in [6.45, 7) is 2.58. The Morgan fingerprint density at radius 1 is 1.19 bits per heavy atom. The second-order valence-electron chi connectivity index (χ2n) is 9.00. The summed E-state index contributed by atoms with van der Waals surface area (Å²) in [7, 11) is 1.69. The molecule has 1 amide bonds. The summed E-state index contributed by atoms with van der Waals surface area (Å²) < 4.78 is 7.75. The monoisotopic (exact) mass is 433 g/mol. The lowest BCUT2D eigenvalue weighted by Gasteiger charge is -2.38. The highest BCUT2D eigenvalue weighted by Crippen LogP contribution is 2.43. The fourth-order valence-corrected chi connectivity index (χ4v) is 4.61. The second kappa shape index (κ2) is 7.97. The summed E-state index contributed by atoms with van der Waals surface area (Å²) >= 11 is 0. The van der Waals surface area contributed by atoms with Crippen molar-refractivity contribution < 1.29 is 14.6 Å². The van der Waals surface area contributed by atoms with Gasteiger partial charge in [-0.1, -0.05) is 43.3 Å². The zero-order valence-corrected chi connectivity index (χ0v) is 18.3. The second-order valence-corrected chi connectivity index (χ2v) is 9.00. The molecule has 3 unspecified atom stereocenters. The lowest BCUT2D eigenvalue weighted by Crippen LogP contribution is -2.45. The van der Waals surface area contributed by atoms with Gasteiger partial charge in [0, 0.05) is 25.4 Å². The molecule has 2 heterocycles. The van der Waals surface area contributed by atoms with Crippen molar-refractivity contribution in [2.75, 3.05) is 13.6 Å². The minimum atomic E-state index is -0.652. The number of amides is 1. The highest BCUT2D eigenvalue weighted by molar-refractivity contribution is 5.95. The van der Waals surface area contributed by atoms with Crippen LogP contribution in [-0.2, 0) is 4.74 Å². The predicted octanol–water partition coefficient (Wildman–Crippen LogP) is 3.39. The number of allylic oxidation sites excluding steroid dienone is 4. The standard InChI is InChI=1S/C25H27N3O4/c1-15-8-9-17(12-21(15)32-18-10-11-18)22(16-6-4-3-5-7-16)19-14-27(2)25(31)23-24(30)20(29)13-26-28(19)23/h3-7,9,12-13,15,18-19,22,30H,8,10-11,14H2,1-2H3. The van der Waals surface area contributed by atoms with Crippen LogP contribution in [0.3, 0.4) is 0 Å². The first-order valence-corrected chi connectivity index (χ1v) is 11.1. The molecule has 2 aromatic rings. The van der Waals surface area contributed by atoms with Crippen LogP contribution in [0.4, 0.5) is 0 Å². The van der Waals surface area contributed by atoms with E-state index in [9.17, 15) is 14.7 Å². The molecule has 7 heteroatoms. The molecule has 0 bridgehead atoms. The van der Waals surface area contributed by atoms with E-state index in [0.717, 1.165) is 42.4 Å². The number of rotatable bonds is 5. The average molecular weight is 434 g/mol. The Kier molecular flexibility index (Phi) is 5.12. The van der Waals surface area contributed by atoms with Crippen LogP contribution >= 0.6 is 0 Å². The molecule has 3 aliphatic rings. The molecule has 1 N–H and O–H groups in total. The van der Waals surface area contributed by atoms with Gasteiger partial charge in [0.05, 0.1) is 24.1 Å². The molecule has 1 aliphatic heterocycles. The van der Waals surface area contributed by atoms with Crippen LogP contribution < -0.4 is 5.43 Å². The molecule has 1 aromatic carbocycles. The molecule has 2 aliphatic carbocycles. The SMILES string of the molecule is CC1CC=C(C(c2ccccc2)C2CN(C)C(=O)c3c(O)c(=O)cnn32)C=C1OC1CC1. The Bertz CT molecular complexity index is 1160. The van der Waals surface area contributed by atoms with Gasteiger partial charge in [0.1, 0.15) is 0 Å². The number of likely N-dealkylation sites (N-methyl/N-ethyl adjacent to an activating group) is 1. The van der Waals surface area contributed by atoms with Crippen LogP contribution in [-0.4, -0.2) is 45.4 Å². The van der Waals surface area contributed by atoms with E-state index in [-0.39, 0.29) is 17.7 Å². The minimum Gasteiger partial charge on any atom is -0.502 e. The van der Waals surface area contributed by atoms with Crippen molar-refractivity contribution >= 4 is 5.91 Å². The molecule has 0 spiro atoms. The van der Waals surface area contributed by atoms with E-state index in [1.807, 2.05) is 18.2 Å². The van der Waals surface area contributed by atoms with E-state index in [1.165, 1.54) is 4.68 Å². The van der Waals surface area contributed by atoms with E-state index in [2.05, 4.69) is 36.3 Å². The zero-order chi connectivity index (χ0) is 22.4. The first kappa shape index (κ1) is 20.5. The normalized spacial score (nSPS) is 23.8. The molecular weight excluding hydrogens is 406 g/mol. The summed E-state index contributed by atoms with van der Waals surface area (Å²) in [5, 5.41) is 14.7. The molecule has 7 nitrogen and oxygen atoms in total. The Hall–Kier alpha value is -3.35. The van der Waals surface area contributed by atoms with Crippen molar-refractivity contribution in [3.05, 3.63) is 81.5 Å². The third kappa shape index (κ3) is 3.61. The highest BCUT2D eigenvalue weighted by Gasteiger charge is 2.39. The summed E-state index contributed by atoms with van der Waals surface area (Å²) in [4.78, 5) is 26.4. The van der Waals surface area contributed by atoms with Gasteiger partial charge in [0.15, 0.2) is 11.4 Å². The first-order valence-electron chi connectivity index (χ1n) is 11.1. The number of aromatic hydroxyl groups is 1. The number of benzene rings is 1. The molecule has 166 valence electrons. The lowest BCUT2D eigenvalue weighted by molar-refractivity contribution is 0.0685. The van der Waals surface area contributed by atoms with Crippen molar-refractivity contribution in [1.82, 2.24) is 14.7 Å². The lowest BCUT2D eigenvalue weighted by atomic mass is 9.80. The van der Waals surface area contributed by atoms with Gasteiger partial charge in [0.25, 0.3) is 5.91 Å². The van der Waals surface area contributed by atoms with Crippen LogP contribution in [0.25, 0.3) is 0 Å². The molecule has 5 rings (SSSR count). The average Bonchev–Trinajstić information content (AvgIpc) is 3.61. The number of carbonyl (C=O) groups is 1. The van der Waals surface area contributed by atoms with Gasteiger partial charge in [0.2, 0.25) is 5.43 Å². The van der Waals surface area contributed by atoms with Gasteiger partial charge in [-0.05, 0) is 36.5 Å². The topological polar surface area (TPSA) is 84.7 Å². The molecule has 0 saturated heterocycles. The van der Waals surface area contributed by atoms with Gasteiger partial charge in [-0.15, -0.1) is 0 Å². The van der Waals surface area contributed by atoms with Crippen molar-refractivity contribution in [3.63, 3.8) is 0 Å². The fraction of sp³-hybridized carbons (Fsp3) is 0.400. The summed E-state index contributed by atoms with van der Waals surface area (Å²) in [6.07, 6.45) is 8.86. The number of aromatic nitrogens is 2. The summed E-state index contributed by atoms with van der Waals surface area (Å²) in [6, 6.07) is 9.80. The largest absolute Gasteiger partial charge is 0.502 e. The van der Waals surface area contributed by atoms with Gasteiger partial charge >= 0.3 is 0 Å². The Morgan fingerprint density at radius 2 is 1.94 bits per heavy atom. The van der Waals surface area contributed by atoms with E-state index >= 15 is 0 Å². The maximum atomic E-state index is 12.8. The smallest absolute Gasteiger partial charge is 0.275 e. The molecular formula is C25H27N3O4. The maximum Gasteiger partial charge on any atom is 0.275 e. The van der Waals surface area contributed by atoms with Crippen LogP contribution in [0.1, 0.15) is 54.2 Å². The van der Waals surface area contributed by atoms with E-state index in [0.29, 0.717) is 18.6 Å². The number of carbonyl (C=O) groups excluding carboxylic acids is 1. The Labute approximate surface area is 186 Å². The van der Waals surface area contributed by atoms with E-state index in [4.69, 9.17) is 4.74 Å². The molecule has 1 fully saturated rings. The number of hydrogen-bond acceptors (Lipinski definition) is 5. The minimum absolute atomic E-state index is 0.0552. The molecule has 3 atom stereocenters. The van der Waals surface area contributed by atoms with Crippen LogP contribution in [0.15, 0.2) is 64.8 Å². The molecule has 1 saturated carbocycles. The van der Waals surface area contributed by atoms with Crippen molar-refractivity contribution in [1.29, 1.82) is 0 Å². The van der Waals surface area contributed by atoms with Crippen LogP contribution in [0.2, 0.25) is 0 Å². The van der Waals surface area contributed by atoms with Crippen molar-refractivity contribution in [2.45, 2.75) is 44.2 Å². The number of nitrogens with zero attached hydrogens (tertiary/aromatic N) is 3. The van der Waals surface area contributed by atoms with Crippen molar-refractivity contribution in [2.24, 2.45) is 5.92 Å². The quantitative estimate of drug-likeness (QED) is 0.781. The van der Waals surface area contributed by atoms with Crippen LogP contribution in [0, 0.1) is 5.92 Å². The van der Waals surface area contributed by atoms with Gasteiger partial charge in [-0.25, -0.2) is 0 Å². The van der Waals surface area contributed by atoms with Gasteiger partial charge in [-0.3, -0.25) is 14.3 Å².